The van der Waals surface area contributed by atoms with Gasteiger partial charge in [-0.05, 0) is 37.8 Å². The number of ether oxygens (including phenoxy) is 1. The number of aliphatic hydroxyl groups is 2. The van der Waals surface area contributed by atoms with Crippen LogP contribution in [0.15, 0.2) is 16.2 Å². The maximum absolute atomic E-state index is 9.39. The zero-order valence-corrected chi connectivity index (χ0v) is 17.6. The minimum Gasteiger partial charge on any atom is -0.394 e. The number of rotatable bonds is 7. The molecule has 1 aromatic rings. The molecular formula is C20H32N4O3S. The molecule has 1 unspecified atom stereocenters. The van der Waals surface area contributed by atoms with Crippen LogP contribution in [0.3, 0.4) is 0 Å². The van der Waals surface area contributed by atoms with Crippen molar-refractivity contribution in [3.05, 3.63) is 21.4 Å². The maximum Gasteiger partial charge on any atom is 0.0969 e. The lowest BCUT2D eigenvalue weighted by atomic mass is 9.79. The molecule has 1 saturated heterocycles. The average molecular weight is 409 g/mol. The zero-order chi connectivity index (χ0) is 20.1. The molecule has 3 rings (SSSR count). The van der Waals surface area contributed by atoms with Gasteiger partial charge in [-0.1, -0.05) is 6.92 Å². The summed E-state index contributed by atoms with van der Waals surface area (Å²) in [6.07, 6.45) is 4.77. The molecular weight excluding hydrogens is 376 g/mol. The third kappa shape index (κ3) is 4.63. The van der Waals surface area contributed by atoms with E-state index in [2.05, 4.69) is 34.9 Å². The van der Waals surface area contributed by atoms with Crippen LogP contribution in [0.2, 0.25) is 0 Å². The second-order valence-electron chi connectivity index (χ2n) is 7.72. The molecule has 28 heavy (non-hydrogen) atoms. The topological polar surface area (TPSA) is 104 Å². The highest BCUT2D eigenvalue weighted by atomic mass is 32.1. The number of aliphatic imine (C=N–C) groups is 1. The molecule has 3 atom stereocenters. The van der Waals surface area contributed by atoms with Gasteiger partial charge in [0.25, 0.3) is 0 Å². The van der Waals surface area contributed by atoms with Crippen LogP contribution in [-0.4, -0.2) is 72.0 Å². The number of nitrogens with two attached hydrogens (primary N) is 1. The van der Waals surface area contributed by atoms with Gasteiger partial charge in [0.1, 0.15) is 0 Å². The first-order chi connectivity index (χ1) is 13.5. The van der Waals surface area contributed by atoms with Crippen LogP contribution in [0, 0.1) is 0 Å². The number of aliphatic hydroxyl groups excluding tert-OH is 2. The number of nitrogens with zero attached hydrogens (tertiary/aromatic N) is 3. The summed E-state index contributed by atoms with van der Waals surface area (Å²) in [5.41, 5.74) is 1.92. The van der Waals surface area contributed by atoms with Crippen LogP contribution < -0.4 is 5.84 Å². The molecule has 8 heteroatoms. The Kier molecular flexibility index (Phi) is 7.22. The summed E-state index contributed by atoms with van der Waals surface area (Å²) in [5.74, 6) is 5.54. The van der Waals surface area contributed by atoms with Crippen molar-refractivity contribution in [3.8, 4) is 0 Å². The number of fused-ring (bicyclic) bond motifs is 2. The second kappa shape index (κ2) is 9.45. The highest BCUT2D eigenvalue weighted by molar-refractivity contribution is 7.12. The molecule has 156 valence electrons. The molecule has 0 radical (unpaired) electrons. The molecule has 7 nitrogen and oxygen atoms in total. The van der Waals surface area contributed by atoms with E-state index in [9.17, 15) is 5.11 Å². The number of hydrogen-bond acceptors (Lipinski definition) is 8. The van der Waals surface area contributed by atoms with Gasteiger partial charge >= 0.3 is 0 Å². The van der Waals surface area contributed by atoms with E-state index in [1.165, 1.54) is 15.3 Å². The summed E-state index contributed by atoms with van der Waals surface area (Å²) in [5, 5.41) is 22.1. The lowest BCUT2D eigenvalue weighted by Gasteiger charge is -2.47. The molecule has 0 amide bonds. The monoisotopic (exact) mass is 408 g/mol. The first-order valence-corrected chi connectivity index (χ1v) is 10.9. The van der Waals surface area contributed by atoms with E-state index in [1.807, 2.05) is 11.3 Å². The molecule has 1 fully saturated rings. The van der Waals surface area contributed by atoms with Gasteiger partial charge in [0.05, 0.1) is 37.2 Å². The average Bonchev–Trinajstić information content (AvgIpc) is 3.14. The van der Waals surface area contributed by atoms with Gasteiger partial charge in [0.15, 0.2) is 0 Å². The second-order valence-corrected chi connectivity index (χ2v) is 8.94. The summed E-state index contributed by atoms with van der Waals surface area (Å²) >= 11 is 1.95. The number of thiophene rings is 1. The fraction of sp³-hybridized carbons (Fsp3) is 0.700. The predicted octanol–water partition coefficient (Wildman–Crippen LogP) is 1.30. The number of piperidine rings is 1. The van der Waals surface area contributed by atoms with Gasteiger partial charge in [-0.3, -0.25) is 9.89 Å². The molecule has 2 aliphatic heterocycles. The lowest BCUT2D eigenvalue weighted by Crippen LogP contribution is -2.51. The standard InChI is InChI=1S/C20H32N4O3S/c1-3-17-8-18-19(28-17)4-7-27-20(18)5-6-24(14(2)9-20)12-15(23-21)10-22-11-16(26)13-25/h8,10,14,16,25-26H,3-7,9,11-13,21H2,1-2H3/b22-10?,23-15+/t14-,16?,20+/m0/s1. The minimum absolute atomic E-state index is 0.142. The van der Waals surface area contributed by atoms with Gasteiger partial charge in [-0.25, -0.2) is 0 Å². The van der Waals surface area contributed by atoms with E-state index in [4.69, 9.17) is 15.7 Å². The third-order valence-electron chi connectivity index (χ3n) is 5.76. The third-order valence-corrected chi connectivity index (χ3v) is 7.10. The molecule has 2 aliphatic rings. The number of likely N-dealkylation sites (tertiary alicyclic amines) is 1. The molecule has 0 bridgehead atoms. The minimum atomic E-state index is -0.847. The Labute approximate surface area is 170 Å². The van der Waals surface area contributed by atoms with Gasteiger partial charge in [0, 0.05) is 41.5 Å². The quantitative estimate of drug-likeness (QED) is 0.358. The van der Waals surface area contributed by atoms with Crippen LogP contribution in [0.4, 0.5) is 0 Å². The van der Waals surface area contributed by atoms with E-state index in [-0.39, 0.29) is 18.8 Å². The summed E-state index contributed by atoms with van der Waals surface area (Å²) in [7, 11) is 0. The molecule has 0 aliphatic carbocycles. The Morgan fingerprint density at radius 2 is 2.39 bits per heavy atom. The van der Waals surface area contributed by atoms with E-state index in [1.54, 1.807) is 6.21 Å². The summed E-state index contributed by atoms with van der Waals surface area (Å²) in [4.78, 5) is 9.44. The highest BCUT2D eigenvalue weighted by Gasteiger charge is 2.44. The largest absolute Gasteiger partial charge is 0.394 e. The van der Waals surface area contributed by atoms with Crippen LogP contribution >= 0.6 is 11.3 Å². The van der Waals surface area contributed by atoms with Gasteiger partial charge < -0.3 is 20.8 Å². The van der Waals surface area contributed by atoms with Crippen molar-refractivity contribution in [2.45, 2.75) is 57.3 Å². The lowest BCUT2D eigenvalue weighted by molar-refractivity contribution is -0.108. The van der Waals surface area contributed by atoms with E-state index < -0.39 is 6.10 Å². The summed E-state index contributed by atoms with van der Waals surface area (Å²) < 4.78 is 6.39. The first kappa shape index (κ1) is 21.4. The van der Waals surface area contributed by atoms with E-state index in [0.717, 1.165) is 38.8 Å². The molecule has 0 saturated carbocycles. The number of aryl methyl sites for hydroxylation is 1. The fourth-order valence-electron chi connectivity index (χ4n) is 4.17. The molecule has 4 N–H and O–H groups in total. The Bertz CT molecular complexity index is 720. The molecule has 3 heterocycles. The number of hydrogen-bond donors (Lipinski definition) is 3. The van der Waals surface area contributed by atoms with Crippen LogP contribution in [0.5, 0.6) is 0 Å². The Hall–Kier alpha value is -1.32. The Balaban J connectivity index is 1.65. The molecule has 0 aromatic carbocycles. The zero-order valence-electron chi connectivity index (χ0n) is 16.8. The van der Waals surface area contributed by atoms with Crippen LogP contribution in [-0.2, 0) is 23.2 Å². The van der Waals surface area contributed by atoms with Crippen LogP contribution in [0.25, 0.3) is 0 Å². The van der Waals surface area contributed by atoms with Crippen molar-refractivity contribution in [2.75, 3.05) is 32.8 Å². The van der Waals surface area contributed by atoms with Crippen molar-refractivity contribution in [2.24, 2.45) is 15.9 Å². The van der Waals surface area contributed by atoms with E-state index in [0.29, 0.717) is 18.3 Å². The van der Waals surface area contributed by atoms with Gasteiger partial charge in [-0.15, -0.1) is 11.3 Å². The fourth-order valence-corrected chi connectivity index (χ4v) is 5.35. The Morgan fingerprint density at radius 3 is 3.07 bits per heavy atom. The first-order valence-electron chi connectivity index (χ1n) is 10.1. The molecule has 1 aromatic heterocycles. The van der Waals surface area contributed by atoms with E-state index >= 15 is 0 Å². The highest BCUT2D eigenvalue weighted by Crippen LogP contribution is 2.46. The van der Waals surface area contributed by atoms with Crippen molar-refractivity contribution >= 4 is 23.3 Å². The smallest absolute Gasteiger partial charge is 0.0969 e. The van der Waals surface area contributed by atoms with Crippen molar-refractivity contribution in [1.82, 2.24) is 4.90 Å². The van der Waals surface area contributed by atoms with Gasteiger partial charge in [0.2, 0.25) is 0 Å². The summed E-state index contributed by atoms with van der Waals surface area (Å²) in [6.45, 7) is 6.61. The predicted molar refractivity (Wildman–Crippen MR) is 113 cm³/mol. The van der Waals surface area contributed by atoms with Crippen LogP contribution in [0.1, 0.15) is 42.0 Å². The normalized spacial score (nSPS) is 27.4. The van der Waals surface area contributed by atoms with Gasteiger partial charge in [-0.2, -0.15) is 5.10 Å². The van der Waals surface area contributed by atoms with Crippen molar-refractivity contribution in [3.63, 3.8) is 0 Å². The summed E-state index contributed by atoms with van der Waals surface area (Å²) in [6, 6.07) is 2.70. The Morgan fingerprint density at radius 1 is 1.57 bits per heavy atom. The van der Waals surface area contributed by atoms with Crippen molar-refractivity contribution in [1.29, 1.82) is 0 Å². The maximum atomic E-state index is 9.39. The number of hydrazone groups is 1. The SMILES string of the molecule is CCc1cc2c(s1)CCO[C@@]21CCN(C/C(C=NCC(O)CO)=N/N)[C@@H](C)C1. The molecule has 1 spiro atoms. The van der Waals surface area contributed by atoms with Crippen molar-refractivity contribution < 1.29 is 14.9 Å².